The summed E-state index contributed by atoms with van der Waals surface area (Å²) < 4.78 is 8.08. The number of hydrogen-bond donors (Lipinski definition) is 0. The van der Waals surface area contributed by atoms with Crippen LogP contribution in [0.25, 0.3) is 0 Å². The highest BCUT2D eigenvalue weighted by molar-refractivity contribution is 5.27. The Balaban J connectivity index is 1.83. The molecular formula is C16H18N2O3. The van der Waals surface area contributed by atoms with Gasteiger partial charge in [-0.1, -0.05) is 12.1 Å². The van der Waals surface area contributed by atoms with Gasteiger partial charge in [0.05, 0.1) is 13.7 Å². The number of aromatic nitrogens is 2. The summed E-state index contributed by atoms with van der Waals surface area (Å²) in [7, 11) is 1.61. The molecule has 3 rings (SSSR count). The van der Waals surface area contributed by atoms with Crippen molar-refractivity contribution in [2.45, 2.75) is 25.9 Å². The Morgan fingerprint density at radius 3 is 2.29 bits per heavy atom. The van der Waals surface area contributed by atoms with Gasteiger partial charge in [0.25, 0.3) is 0 Å². The van der Waals surface area contributed by atoms with Crippen LogP contribution in [0.2, 0.25) is 0 Å². The SMILES string of the molecule is COc1ccc(Cn2ccn(CC3CC3)c(=O)c2=O)cc1. The van der Waals surface area contributed by atoms with Gasteiger partial charge >= 0.3 is 11.1 Å². The Morgan fingerprint density at radius 2 is 1.67 bits per heavy atom. The summed E-state index contributed by atoms with van der Waals surface area (Å²) in [5, 5.41) is 0. The number of methoxy groups -OCH3 is 1. The van der Waals surface area contributed by atoms with Crippen molar-refractivity contribution in [1.82, 2.24) is 9.13 Å². The van der Waals surface area contributed by atoms with Gasteiger partial charge in [-0.3, -0.25) is 9.59 Å². The van der Waals surface area contributed by atoms with E-state index in [9.17, 15) is 9.59 Å². The van der Waals surface area contributed by atoms with Crippen LogP contribution in [0.1, 0.15) is 18.4 Å². The highest BCUT2D eigenvalue weighted by Crippen LogP contribution is 2.29. The number of hydrogen-bond acceptors (Lipinski definition) is 3. The molecule has 0 amide bonds. The zero-order chi connectivity index (χ0) is 14.8. The minimum Gasteiger partial charge on any atom is -0.497 e. The predicted molar refractivity (Wildman–Crippen MR) is 79.8 cm³/mol. The zero-order valence-corrected chi connectivity index (χ0v) is 12.0. The standard InChI is InChI=1S/C16H18N2O3/c1-21-14-6-4-13(5-7-14)11-18-9-8-17(10-12-2-3-12)15(19)16(18)20/h4-9,12H,2-3,10-11H2,1H3. The van der Waals surface area contributed by atoms with Crippen LogP contribution in [0.5, 0.6) is 5.75 Å². The first-order valence-electron chi connectivity index (χ1n) is 7.10. The summed E-state index contributed by atoms with van der Waals surface area (Å²) in [6, 6.07) is 7.46. The van der Waals surface area contributed by atoms with E-state index in [4.69, 9.17) is 4.74 Å². The van der Waals surface area contributed by atoms with Crippen LogP contribution in [0, 0.1) is 5.92 Å². The molecule has 0 unspecified atom stereocenters. The second-order valence-corrected chi connectivity index (χ2v) is 5.48. The van der Waals surface area contributed by atoms with Crippen molar-refractivity contribution in [3.63, 3.8) is 0 Å². The molecule has 1 aromatic carbocycles. The van der Waals surface area contributed by atoms with Gasteiger partial charge < -0.3 is 13.9 Å². The maximum absolute atomic E-state index is 12.1. The molecule has 0 bridgehead atoms. The minimum absolute atomic E-state index is 0.391. The lowest BCUT2D eigenvalue weighted by molar-refractivity contribution is 0.414. The molecule has 110 valence electrons. The van der Waals surface area contributed by atoms with Crippen LogP contribution in [0.15, 0.2) is 46.2 Å². The lowest BCUT2D eigenvalue weighted by atomic mass is 10.2. The van der Waals surface area contributed by atoms with Crippen LogP contribution in [-0.4, -0.2) is 16.2 Å². The summed E-state index contributed by atoms with van der Waals surface area (Å²) in [6.07, 6.45) is 5.71. The normalized spacial score (nSPS) is 14.1. The van der Waals surface area contributed by atoms with Crippen molar-refractivity contribution in [3.05, 3.63) is 62.9 Å². The van der Waals surface area contributed by atoms with Crippen molar-refractivity contribution >= 4 is 0 Å². The number of benzene rings is 1. The molecule has 1 aliphatic rings. The first-order valence-corrected chi connectivity index (χ1v) is 7.10. The van der Waals surface area contributed by atoms with E-state index in [2.05, 4.69) is 0 Å². The monoisotopic (exact) mass is 286 g/mol. The van der Waals surface area contributed by atoms with Crippen LogP contribution in [-0.2, 0) is 13.1 Å². The molecule has 2 aromatic rings. The Morgan fingerprint density at radius 1 is 1.05 bits per heavy atom. The van der Waals surface area contributed by atoms with Crippen LogP contribution >= 0.6 is 0 Å². The molecule has 1 heterocycles. The molecule has 0 radical (unpaired) electrons. The van der Waals surface area contributed by atoms with E-state index in [1.54, 1.807) is 19.5 Å². The fourth-order valence-corrected chi connectivity index (χ4v) is 2.32. The van der Waals surface area contributed by atoms with Gasteiger partial charge in [-0.2, -0.15) is 0 Å². The van der Waals surface area contributed by atoms with Gasteiger partial charge in [-0.25, -0.2) is 0 Å². The smallest absolute Gasteiger partial charge is 0.316 e. The lowest BCUT2D eigenvalue weighted by Gasteiger charge is -2.09. The highest BCUT2D eigenvalue weighted by Gasteiger charge is 2.22. The Bertz CT molecular complexity index is 739. The van der Waals surface area contributed by atoms with E-state index in [-0.39, 0.29) is 0 Å². The third kappa shape index (κ3) is 3.07. The Hall–Kier alpha value is -2.30. The van der Waals surface area contributed by atoms with Gasteiger partial charge in [-0.15, -0.1) is 0 Å². The topological polar surface area (TPSA) is 53.2 Å². The molecule has 0 spiro atoms. The van der Waals surface area contributed by atoms with Gasteiger partial charge in [0.2, 0.25) is 0 Å². The van der Waals surface area contributed by atoms with Crippen molar-refractivity contribution in [3.8, 4) is 5.75 Å². The van der Waals surface area contributed by atoms with E-state index < -0.39 is 11.1 Å². The van der Waals surface area contributed by atoms with Gasteiger partial charge in [0, 0.05) is 18.9 Å². The molecule has 1 saturated carbocycles. The maximum atomic E-state index is 12.1. The third-order valence-electron chi connectivity index (χ3n) is 3.80. The minimum atomic E-state index is -0.464. The third-order valence-corrected chi connectivity index (χ3v) is 3.80. The zero-order valence-electron chi connectivity index (χ0n) is 12.0. The van der Waals surface area contributed by atoms with Gasteiger partial charge in [0.15, 0.2) is 0 Å². The summed E-state index contributed by atoms with van der Waals surface area (Å²) in [5.41, 5.74) is 0.0594. The fourth-order valence-electron chi connectivity index (χ4n) is 2.32. The van der Waals surface area contributed by atoms with Crippen LogP contribution < -0.4 is 15.9 Å². The molecular weight excluding hydrogens is 268 g/mol. The molecule has 21 heavy (non-hydrogen) atoms. The quantitative estimate of drug-likeness (QED) is 0.782. The highest BCUT2D eigenvalue weighted by atomic mass is 16.5. The summed E-state index contributed by atoms with van der Waals surface area (Å²) in [4.78, 5) is 24.2. The van der Waals surface area contributed by atoms with Gasteiger partial charge in [0.1, 0.15) is 5.75 Å². The summed E-state index contributed by atoms with van der Waals surface area (Å²) in [5.74, 6) is 1.34. The Labute approximate surface area is 122 Å². The average molecular weight is 286 g/mol. The molecule has 0 atom stereocenters. The van der Waals surface area contributed by atoms with Crippen molar-refractivity contribution in [2.24, 2.45) is 5.92 Å². The molecule has 5 heteroatoms. The molecule has 0 N–H and O–H groups in total. The lowest BCUT2D eigenvalue weighted by Crippen LogP contribution is -2.41. The molecule has 1 aromatic heterocycles. The molecule has 0 aliphatic heterocycles. The van der Waals surface area contributed by atoms with E-state index in [1.807, 2.05) is 24.3 Å². The van der Waals surface area contributed by atoms with Crippen LogP contribution in [0.4, 0.5) is 0 Å². The van der Waals surface area contributed by atoms with E-state index in [0.29, 0.717) is 19.0 Å². The second kappa shape index (κ2) is 5.60. The van der Waals surface area contributed by atoms with Crippen molar-refractivity contribution in [2.75, 3.05) is 7.11 Å². The van der Waals surface area contributed by atoms with E-state index in [0.717, 1.165) is 24.2 Å². The van der Waals surface area contributed by atoms with E-state index in [1.165, 1.54) is 9.13 Å². The fraction of sp³-hybridized carbons (Fsp3) is 0.375. The summed E-state index contributed by atoms with van der Waals surface area (Å²) >= 11 is 0. The molecule has 0 saturated heterocycles. The second-order valence-electron chi connectivity index (χ2n) is 5.48. The maximum Gasteiger partial charge on any atom is 0.316 e. The van der Waals surface area contributed by atoms with E-state index >= 15 is 0 Å². The van der Waals surface area contributed by atoms with Crippen molar-refractivity contribution < 1.29 is 4.74 Å². The molecule has 5 nitrogen and oxygen atoms in total. The van der Waals surface area contributed by atoms with Crippen LogP contribution in [0.3, 0.4) is 0 Å². The van der Waals surface area contributed by atoms with Crippen molar-refractivity contribution in [1.29, 1.82) is 0 Å². The Kier molecular flexibility index (Phi) is 3.64. The summed E-state index contributed by atoms with van der Waals surface area (Å²) in [6.45, 7) is 1.06. The number of ether oxygens (including phenoxy) is 1. The number of nitrogens with zero attached hydrogens (tertiary/aromatic N) is 2. The first kappa shape index (κ1) is 13.7. The predicted octanol–water partition coefficient (Wildman–Crippen LogP) is 1.48. The first-order chi connectivity index (χ1) is 10.2. The average Bonchev–Trinajstić information content (AvgIpc) is 3.32. The largest absolute Gasteiger partial charge is 0.497 e. The van der Waals surface area contributed by atoms with Gasteiger partial charge in [-0.05, 0) is 36.5 Å². The molecule has 1 aliphatic carbocycles. The number of rotatable bonds is 5. The molecule has 1 fully saturated rings.